The Morgan fingerprint density at radius 2 is 1.85 bits per heavy atom. The first-order chi connectivity index (χ1) is 15.9. The van der Waals surface area contributed by atoms with Crippen molar-refractivity contribution in [2.24, 2.45) is 0 Å². The Balaban J connectivity index is 1.46. The van der Waals surface area contributed by atoms with Gasteiger partial charge in [0.05, 0.1) is 23.0 Å². The minimum Gasteiger partial charge on any atom is -0.378 e. The van der Waals surface area contributed by atoms with Gasteiger partial charge in [0.2, 0.25) is 9.84 Å². The van der Waals surface area contributed by atoms with Crippen molar-refractivity contribution < 1.29 is 17.9 Å². The summed E-state index contributed by atoms with van der Waals surface area (Å²) in [6.07, 6.45) is 4.75. The number of halogens is 1. The molecule has 3 aromatic rings. The second kappa shape index (κ2) is 10.2. The van der Waals surface area contributed by atoms with E-state index in [4.69, 9.17) is 16.3 Å². The molecule has 11 heteroatoms. The molecule has 2 aromatic heterocycles. The number of pyridine rings is 2. The van der Waals surface area contributed by atoms with Crippen LogP contribution in [0.4, 0.5) is 16.3 Å². The van der Waals surface area contributed by atoms with Crippen LogP contribution in [0.15, 0.2) is 70.8 Å². The van der Waals surface area contributed by atoms with Crippen LogP contribution < -0.4 is 15.5 Å². The Labute approximate surface area is 196 Å². The summed E-state index contributed by atoms with van der Waals surface area (Å²) in [4.78, 5) is 22.3. The van der Waals surface area contributed by atoms with E-state index in [1.807, 2.05) is 11.0 Å². The molecule has 172 valence electrons. The minimum atomic E-state index is -3.89. The fourth-order valence-electron chi connectivity index (χ4n) is 3.32. The number of anilines is 2. The molecule has 0 radical (unpaired) electrons. The number of carbonyl (C=O) groups is 1. The van der Waals surface area contributed by atoms with Crippen molar-refractivity contribution in [1.29, 1.82) is 0 Å². The molecule has 0 atom stereocenters. The fourth-order valence-corrected chi connectivity index (χ4v) is 5.18. The zero-order chi connectivity index (χ0) is 23.3. The molecule has 0 aliphatic carbocycles. The lowest BCUT2D eigenvalue weighted by atomic mass is 10.3. The van der Waals surface area contributed by atoms with Crippen molar-refractivity contribution in [2.45, 2.75) is 16.3 Å². The largest absolute Gasteiger partial charge is 0.378 e. The predicted octanol–water partition coefficient (Wildman–Crippen LogP) is 3.12. The van der Waals surface area contributed by atoms with Gasteiger partial charge in [-0.15, -0.1) is 0 Å². The SMILES string of the molecule is O=C(NCc1cccnc1)Nc1ccc(S(=O)(=O)c2ccnc(N3CCOCC3)c2Cl)cc1. The van der Waals surface area contributed by atoms with E-state index in [1.165, 1.54) is 36.5 Å². The lowest BCUT2D eigenvalue weighted by Crippen LogP contribution is -2.37. The van der Waals surface area contributed by atoms with E-state index in [0.717, 1.165) is 5.56 Å². The van der Waals surface area contributed by atoms with Crippen LogP contribution >= 0.6 is 11.6 Å². The third-order valence-electron chi connectivity index (χ3n) is 5.03. The van der Waals surface area contributed by atoms with Crippen LogP contribution in [0.25, 0.3) is 0 Å². The van der Waals surface area contributed by atoms with E-state index in [0.29, 0.717) is 44.4 Å². The second-order valence-corrected chi connectivity index (χ2v) is 9.54. The molecule has 4 rings (SSSR count). The predicted molar refractivity (Wildman–Crippen MR) is 124 cm³/mol. The molecule has 9 nitrogen and oxygen atoms in total. The average Bonchev–Trinajstić information content (AvgIpc) is 2.84. The van der Waals surface area contributed by atoms with Crippen LogP contribution in [0, 0.1) is 0 Å². The minimum absolute atomic E-state index is 0.0180. The van der Waals surface area contributed by atoms with Crippen molar-refractivity contribution in [1.82, 2.24) is 15.3 Å². The maximum Gasteiger partial charge on any atom is 0.319 e. The second-order valence-electron chi connectivity index (χ2n) is 7.24. The zero-order valence-corrected chi connectivity index (χ0v) is 19.1. The highest BCUT2D eigenvalue weighted by molar-refractivity contribution is 7.91. The van der Waals surface area contributed by atoms with Gasteiger partial charge in [-0.1, -0.05) is 17.7 Å². The summed E-state index contributed by atoms with van der Waals surface area (Å²) in [7, 11) is -3.89. The number of amides is 2. The number of aromatic nitrogens is 2. The average molecular weight is 488 g/mol. The topological polar surface area (TPSA) is 114 Å². The number of hydrogen-bond acceptors (Lipinski definition) is 7. The van der Waals surface area contributed by atoms with E-state index in [-0.39, 0.29) is 14.8 Å². The first-order valence-corrected chi connectivity index (χ1v) is 12.1. The summed E-state index contributed by atoms with van der Waals surface area (Å²) in [6.45, 7) is 2.54. The highest BCUT2D eigenvalue weighted by Crippen LogP contribution is 2.34. The van der Waals surface area contributed by atoms with Gasteiger partial charge < -0.3 is 20.3 Å². The molecule has 1 fully saturated rings. The monoisotopic (exact) mass is 487 g/mol. The van der Waals surface area contributed by atoms with Crippen molar-refractivity contribution in [3.8, 4) is 0 Å². The quantitative estimate of drug-likeness (QED) is 0.549. The zero-order valence-electron chi connectivity index (χ0n) is 17.6. The number of ether oxygens (including phenoxy) is 1. The summed E-state index contributed by atoms with van der Waals surface area (Å²) in [5.41, 5.74) is 1.31. The third-order valence-corrected chi connectivity index (χ3v) is 7.33. The number of rotatable bonds is 6. The first kappa shape index (κ1) is 23.0. The normalized spacial score (nSPS) is 14.0. The van der Waals surface area contributed by atoms with Crippen LogP contribution in [0.5, 0.6) is 0 Å². The Morgan fingerprint density at radius 3 is 2.55 bits per heavy atom. The van der Waals surface area contributed by atoms with Gasteiger partial charge in [-0.3, -0.25) is 4.98 Å². The first-order valence-electron chi connectivity index (χ1n) is 10.2. The standard InChI is InChI=1S/C22H22ClN5O4S/c23-20-19(7-9-25-21(20)28-10-12-32-13-11-28)33(30,31)18-5-3-17(4-6-18)27-22(29)26-15-16-2-1-8-24-14-16/h1-9,14H,10-13,15H2,(H2,26,27,29). The van der Waals surface area contributed by atoms with Crippen LogP contribution in [-0.4, -0.2) is 50.7 Å². The van der Waals surface area contributed by atoms with Crippen LogP contribution in [0.1, 0.15) is 5.56 Å². The number of morpholine rings is 1. The molecule has 1 aliphatic heterocycles. The maximum atomic E-state index is 13.2. The Hall–Kier alpha value is -3.21. The van der Waals surface area contributed by atoms with Crippen LogP contribution in [0.2, 0.25) is 5.02 Å². The summed E-state index contributed by atoms with van der Waals surface area (Å²) >= 11 is 6.47. The third kappa shape index (κ3) is 5.41. The number of nitrogens with zero attached hydrogens (tertiary/aromatic N) is 3. The number of sulfone groups is 1. The molecule has 3 heterocycles. The van der Waals surface area contributed by atoms with E-state index in [1.54, 1.807) is 18.5 Å². The van der Waals surface area contributed by atoms with E-state index < -0.39 is 15.9 Å². The number of carbonyl (C=O) groups excluding carboxylic acids is 1. The molecule has 0 bridgehead atoms. The number of nitrogens with one attached hydrogen (secondary N) is 2. The van der Waals surface area contributed by atoms with Crippen molar-refractivity contribution in [3.63, 3.8) is 0 Å². The highest BCUT2D eigenvalue weighted by Gasteiger charge is 2.25. The smallest absolute Gasteiger partial charge is 0.319 e. The summed E-state index contributed by atoms with van der Waals surface area (Å²) in [5.74, 6) is 0.421. The van der Waals surface area contributed by atoms with Gasteiger partial charge in [0.15, 0.2) is 0 Å². The molecule has 33 heavy (non-hydrogen) atoms. The summed E-state index contributed by atoms with van der Waals surface area (Å²) in [6, 6.07) is 10.5. The Kier molecular flexibility index (Phi) is 7.07. The summed E-state index contributed by atoms with van der Waals surface area (Å²) < 4.78 is 31.8. The Morgan fingerprint density at radius 1 is 1.09 bits per heavy atom. The molecular formula is C22H22ClN5O4S. The fraction of sp³-hybridized carbons (Fsp3) is 0.227. The molecule has 1 aliphatic rings. The number of benzene rings is 1. The van der Waals surface area contributed by atoms with Crippen LogP contribution in [0.3, 0.4) is 0 Å². The molecule has 1 aromatic carbocycles. The van der Waals surface area contributed by atoms with Gasteiger partial charge in [-0.05, 0) is 42.0 Å². The number of hydrogen-bond donors (Lipinski definition) is 2. The lowest BCUT2D eigenvalue weighted by Gasteiger charge is -2.28. The molecule has 0 spiro atoms. The van der Waals surface area contributed by atoms with Gasteiger partial charge in [0, 0.05) is 43.9 Å². The van der Waals surface area contributed by atoms with Gasteiger partial charge in [-0.25, -0.2) is 18.2 Å². The molecule has 1 saturated heterocycles. The van der Waals surface area contributed by atoms with E-state index in [2.05, 4.69) is 20.6 Å². The maximum absolute atomic E-state index is 13.2. The van der Waals surface area contributed by atoms with Crippen molar-refractivity contribution in [3.05, 3.63) is 71.6 Å². The van der Waals surface area contributed by atoms with E-state index in [9.17, 15) is 13.2 Å². The summed E-state index contributed by atoms with van der Waals surface area (Å²) in [5, 5.41) is 5.47. The van der Waals surface area contributed by atoms with Gasteiger partial charge >= 0.3 is 6.03 Å². The van der Waals surface area contributed by atoms with Crippen molar-refractivity contribution in [2.75, 3.05) is 36.5 Å². The van der Waals surface area contributed by atoms with Crippen molar-refractivity contribution >= 4 is 39.0 Å². The molecular weight excluding hydrogens is 466 g/mol. The van der Waals surface area contributed by atoms with Gasteiger partial charge in [-0.2, -0.15) is 0 Å². The molecule has 2 N–H and O–H groups in total. The van der Waals surface area contributed by atoms with Gasteiger partial charge in [0.1, 0.15) is 10.8 Å². The van der Waals surface area contributed by atoms with Gasteiger partial charge in [0.25, 0.3) is 0 Å². The molecule has 0 saturated carbocycles. The number of urea groups is 1. The highest BCUT2D eigenvalue weighted by atomic mass is 35.5. The van der Waals surface area contributed by atoms with Crippen LogP contribution in [-0.2, 0) is 21.1 Å². The Bertz CT molecular complexity index is 1220. The van der Waals surface area contributed by atoms with E-state index >= 15 is 0 Å². The molecule has 2 amide bonds. The molecule has 0 unspecified atom stereocenters. The lowest BCUT2D eigenvalue weighted by molar-refractivity contribution is 0.122.